The molecule has 1 fully saturated rings. The first-order chi connectivity index (χ1) is 12.4. The van der Waals surface area contributed by atoms with Crippen molar-refractivity contribution in [3.63, 3.8) is 0 Å². The Balaban J connectivity index is 3.46. The summed E-state index contributed by atoms with van der Waals surface area (Å²) in [6, 6.07) is 0. The maximum Gasteiger partial charge on any atom is 0.303 e. The van der Waals surface area contributed by atoms with E-state index in [4.69, 9.17) is 23.7 Å². The second-order valence-electron chi connectivity index (χ2n) is 5.86. The number of carbonyl (C=O) groups is 5. The van der Waals surface area contributed by atoms with Crippen LogP contribution in [0.5, 0.6) is 0 Å². The Kier molecular flexibility index (Phi) is 7.70. The Hall–Kier alpha value is -2.69. The molecule has 0 bridgehead atoms. The number of aliphatic hydroxyl groups is 1. The van der Waals surface area contributed by atoms with Crippen LogP contribution in [0.2, 0.25) is 0 Å². The third-order valence-corrected chi connectivity index (χ3v) is 3.48. The van der Waals surface area contributed by atoms with Crippen molar-refractivity contribution in [1.29, 1.82) is 0 Å². The zero-order valence-electron chi connectivity index (χ0n) is 15.5. The third-order valence-electron chi connectivity index (χ3n) is 3.48. The fourth-order valence-corrected chi connectivity index (χ4v) is 2.77. The quantitative estimate of drug-likeness (QED) is 0.455. The van der Waals surface area contributed by atoms with Crippen LogP contribution in [0.1, 0.15) is 34.6 Å². The molecule has 0 aliphatic heterocycles. The Bertz CT molecular complexity index is 569. The minimum Gasteiger partial charge on any atom is -0.455 e. The molecule has 11 nitrogen and oxygen atoms in total. The smallest absolute Gasteiger partial charge is 0.303 e. The molecule has 0 amide bonds. The summed E-state index contributed by atoms with van der Waals surface area (Å²) in [5.41, 5.74) is 0. The Morgan fingerprint density at radius 2 is 0.667 bits per heavy atom. The van der Waals surface area contributed by atoms with E-state index >= 15 is 0 Å². The summed E-state index contributed by atoms with van der Waals surface area (Å²) in [7, 11) is 0. The molecule has 0 radical (unpaired) electrons. The fourth-order valence-electron chi connectivity index (χ4n) is 2.77. The summed E-state index contributed by atoms with van der Waals surface area (Å²) >= 11 is 0. The number of esters is 5. The number of carbonyl (C=O) groups excluding carboxylic acids is 5. The van der Waals surface area contributed by atoms with Crippen LogP contribution >= 0.6 is 0 Å². The number of rotatable bonds is 5. The van der Waals surface area contributed by atoms with Gasteiger partial charge in [-0.05, 0) is 0 Å². The molecule has 27 heavy (non-hydrogen) atoms. The van der Waals surface area contributed by atoms with E-state index in [9.17, 15) is 29.1 Å². The fraction of sp³-hybridized carbons (Fsp3) is 0.688. The van der Waals surface area contributed by atoms with Crippen LogP contribution in [-0.2, 0) is 47.7 Å². The second kappa shape index (κ2) is 9.31. The molecule has 1 saturated carbocycles. The molecule has 1 aliphatic carbocycles. The van der Waals surface area contributed by atoms with E-state index in [1.165, 1.54) is 0 Å². The zero-order chi connectivity index (χ0) is 20.9. The molecule has 4 unspecified atom stereocenters. The molecule has 0 aromatic rings. The van der Waals surface area contributed by atoms with Gasteiger partial charge in [0.15, 0.2) is 30.5 Å². The predicted octanol–water partition coefficient (Wildman–Crippen LogP) is -0.981. The summed E-state index contributed by atoms with van der Waals surface area (Å²) in [5, 5.41) is 10.6. The molecular weight excluding hydrogens is 368 g/mol. The number of hydrogen-bond acceptors (Lipinski definition) is 11. The lowest BCUT2D eigenvalue weighted by molar-refractivity contribution is -0.255. The van der Waals surface area contributed by atoms with E-state index in [0.29, 0.717) is 0 Å². The summed E-state index contributed by atoms with van der Waals surface area (Å²) in [4.78, 5) is 57.4. The second-order valence-corrected chi connectivity index (χ2v) is 5.86. The maximum atomic E-state index is 11.5. The van der Waals surface area contributed by atoms with Crippen molar-refractivity contribution in [3.05, 3.63) is 0 Å². The van der Waals surface area contributed by atoms with Gasteiger partial charge in [0.2, 0.25) is 0 Å². The van der Waals surface area contributed by atoms with Gasteiger partial charge < -0.3 is 28.8 Å². The molecule has 0 aromatic heterocycles. The highest BCUT2D eigenvalue weighted by molar-refractivity contribution is 5.70. The van der Waals surface area contributed by atoms with Gasteiger partial charge in [0.25, 0.3) is 0 Å². The van der Waals surface area contributed by atoms with Crippen LogP contribution in [-0.4, -0.2) is 71.6 Å². The molecule has 1 N–H and O–H groups in total. The number of ether oxygens (including phenoxy) is 5. The van der Waals surface area contributed by atoms with Crippen molar-refractivity contribution < 1.29 is 52.8 Å². The topological polar surface area (TPSA) is 152 Å². The normalized spacial score (nSPS) is 29.9. The molecule has 1 aliphatic rings. The van der Waals surface area contributed by atoms with Gasteiger partial charge in [0.1, 0.15) is 6.10 Å². The Morgan fingerprint density at radius 1 is 0.481 bits per heavy atom. The van der Waals surface area contributed by atoms with Gasteiger partial charge in [0, 0.05) is 34.6 Å². The standard InChI is InChI=1S/C16H22O11/c1-6(17)23-12-11(22)13(24-7(2)18)15(26-9(4)20)16(27-10(5)21)14(12)25-8(3)19/h11-16,22H,1-5H3/t11-,12?,13?,14?,15?,16+. The largest absolute Gasteiger partial charge is 0.455 e. The van der Waals surface area contributed by atoms with Crippen molar-refractivity contribution in [3.8, 4) is 0 Å². The van der Waals surface area contributed by atoms with Gasteiger partial charge in [-0.1, -0.05) is 0 Å². The van der Waals surface area contributed by atoms with Crippen molar-refractivity contribution in [2.45, 2.75) is 71.2 Å². The van der Waals surface area contributed by atoms with Gasteiger partial charge in [0.05, 0.1) is 0 Å². The highest BCUT2D eigenvalue weighted by atomic mass is 16.7. The van der Waals surface area contributed by atoms with Crippen LogP contribution in [0, 0.1) is 0 Å². The van der Waals surface area contributed by atoms with E-state index in [1.54, 1.807) is 0 Å². The van der Waals surface area contributed by atoms with Crippen LogP contribution in [0.15, 0.2) is 0 Å². The van der Waals surface area contributed by atoms with Gasteiger partial charge in [-0.15, -0.1) is 0 Å². The number of hydrogen-bond donors (Lipinski definition) is 1. The van der Waals surface area contributed by atoms with E-state index in [0.717, 1.165) is 34.6 Å². The molecule has 0 heterocycles. The third kappa shape index (κ3) is 6.20. The SMILES string of the molecule is CC(=O)OC1C(OC(C)=O)[C@H](OC(C)=O)C(OC(C)=O)C(OC(C)=O)[C@@H]1O. The average Bonchev–Trinajstić information content (AvgIpc) is 2.49. The molecule has 0 saturated heterocycles. The molecule has 152 valence electrons. The van der Waals surface area contributed by atoms with E-state index < -0.39 is 66.5 Å². The Labute approximate surface area is 154 Å². The van der Waals surface area contributed by atoms with Crippen molar-refractivity contribution in [1.82, 2.24) is 0 Å². The Morgan fingerprint density at radius 3 is 0.889 bits per heavy atom. The van der Waals surface area contributed by atoms with Crippen LogP contribution < -0.4 is 0 Å². The molecule has 0 spiro atoms. The average molecular weight is 390 g/mol. The van der Waals surface area contributed by atoms with E-state index in [1.807, 2.05) is 0 Å². The summed E-state index contributed by atoms with van der Waals surface area (Å²) in [6.07, 6.45) is -9.37. The highest BCUT2D eigenvalue weighted by Gasteiger charge is 2.58. The van der Waals surface area contributed by atoms with Crippen LogP contribution in [0.25, 0.3) is 0 Å². The first kappa shape index (κ1) is 22.4. The monoisotopic (exact) mass is 390 g/mol. The van der Waals surface area contributed by atoms with Crippen LogP contribution in [0.3, 0.4) is 0 Å². The summed E-state index contributed by atoms with van der Waals surface area (Å²) in [6.45, 7) is 5.21. The van der Waals surface area contributed by atoms with Gasteiger partial charge in [-0.25, -0.2) is 0 Å². The van der Waals surface area contributed by atoms with Gasteiger partial charge in [-0.3, -0.25) is 24.0 Å². The first-order valence-corrected chi connectivity index (χ1v) is 7.98. The molecule has 4 atom stereocenters. The van der Waals surface area contributed by atoms with Gasteiger partial charge >= 0.3 is 29.8 Å². The first-order valence-electron chi connectivity index (χ1n) is 7.98. The lowest BCUT2D eigenvalue weighted by atomic mass is 9.84. The molecule has 1 rings (SSSR count). The highest BCUT2D eigenvalue weighted by Crippen LogP contribution is 2.32. The lowest BCUT2D eigenvalue weighted by Gasteiger charge is -2.45. The summed E-state index contributed by atoms with van der Waals surface area (Å²) in [5.74, 6) is -4.20. The predicted molar refractivity (Wildman–Crippen MR) is 83.8 cm³/mol. The molecule has 11 heteroatoms. The lowest BCUT2D eigenvalue weighted by Crippen LogP contribution is -2.68. The van der Waals surface area contributed by atoms with E-state index in [-0.39, 0.29) is 0 Å². The minimum atomic E-state index is -1.74. The molecular formula is C16H22O11. The summed E-state index contributed by atoms with van der Waals surface area (Å²) < 4.78 is 25.2. The van der Waals surface area contributed by atoms with Crippen LogP contribution in [0.4, 0.5) is 0 Å². The van der Waals surface area contributed by atoms with Crippen molar-refractivity contribution >= 4 is 29.8 Å². The minimum absolute atomic E-state index is 0.839. The maximum absolute atomic E-state index is 11.5. The zero-order valence-corrected chi connectivity index (χ0v) is 15.5. The van der Waals surface area contributed by atoms with Gasteiger partial charge in [-0.2, -0.15) is 0 Å². The van der Waals surface area contributed by atoms with Crippen molar-refractivity contribution in [2.24, 2.45) is 0 Å². The number of aliphatic hydroxyl groups excluding tert-OH is 1. The molecule has 0 aromatic carbocycles. The van der Waals surface area contributed by atoms with Crippen molar-refractivity contribution in [2.75, 3.05) is 0 Å². The van der Waals surface area contributed by atoms with E-state index in [2.05, 4.69) is 0 Å².